The average Bonchev–Trinajstić information content (AvgIpc) is 2.79. The molecule has 3 fully saturated rings. The number of carboxylic acids is 1. The summed E-state index contributed by atoms with van der Waals surface area (Å²) >= 11 is 0. The summed E-state index contributed by atoms with van der Waals surface area (Å²) in [4.78, 5) is 10.9. The van der Waals surface area contributed by atoms with Crippen LogP contribution >= 0.6 is 0 Å². The first-order valence-corrected chi connectivity index (χ1v) is 5.66. The van der Waals surface area contributed by atoms with Crippen molar-refractivity contribution in [2.75, 3.05) is 6.54 Å². The van der Waals surface area contributed by atoms with E-state index in [2.05, 4.69) is 5.32 Å². The molecule has 2 N–H and O–H groups in total. The summed E-state index contributed by atoms with van der Waals surface area (Å²) < 4.78 is 0. The van der Waals surface area contributed by atoms with Gasteiger partial charge in [-0.2, -0.15) is 0 Å². The highest BCUT2D eigenvalue weighted by Gasteiger charge is 2.54. The summed E-state index contributed by atoms with van der Waals surface area (Å²) in [6.07, 6.45) is 6.27. The maximum Gasteiger partial charge on any atom is 0.320 e. The van der Waals surface area contributed by atoms with Crippen molar-refractivity contribution < 1.29 is 9.90 Å². The van der Waals surface area contributed by atoms with Gasteiger partial charge in [0.05, 0.1) is 0 Å². The lowest BCUT2D eigenvalue weighted by molar-refractivity contribution is -0.139. The van der Waals surface area contributed by atoms with Gasteiger partial charge in [-0.1, -0.05) is 6.42 Å². The van der Waals surface area contributed by atoms with Crippen LogP contribution in [0.2, 0.25) is 0 Å². The molecule has 1 saturated heterocycles. The third-order valence-electron chi connectivity index (χ3n) is 4.71. The lowest BCUT2D eigenvalue weighted by atomic mass is 9.72. The largest absolute Gasteiger partial charge is 0.480 e. The number of fused-ring (bicyclic) bond motifs is 3. The average molecular weight is 195 g/mol. The number of hydrogen-bond acceptors (Lipinski definition) is 2. The Morgan fingerprint density at radius 1 is 1.36 bits per heavy atom. The van der Waals surface area contributed by atoms with Crippen LogP contribution in [0.5, 0.6) is 0 Å². The minimum Gasteiger partial charge on any atom is -0.480 e. The first-order chi connectivity index (χ1) is 6.70. The van der Waals surface area contributed by atoms with Gasteiger partial charge in [-0.15, -0.1) is 0 Å². The molecule has 78 valence electrons. The van der Waals surface area contributed by atoms with Crippen LogP contribution in [0.3, 0.4) is 0 Å². The van der Waals surface area contributed by atoms with Crippen LogP contribution in [-0.4, -0.2) is 23.7 Å². The molecule has 0 aromatic heterocycles. The van der Waals surface area contributed by atoms with Crippen LogP contribution in [0.4, 0.5) is 0 Å². The Morgan fingerprint density at radius 2 is 2.21 bits per heavy atom. The Hall–Kier alpha value is -0.570. The lowest BCUT2D eigenvalue weighted by Crippen LogP contribution is -2.30. The molecule has 4 atom stereocenters. The van der Waals surface area contributed by atoms with Crippen LogP contribution in [0.1, 0.15) is 32.1 Å². The summed E-state index contributed by atoms with van der Waals surface area (Å²) in [5.41, 5.74) is 0.367. The maximum absolute atomic E-state index is 10.9. The second-order valence-corrected chi connectivity index (χ2v) is 5.42. The number of aliphatic carboxylic acids is 1. The number of nitrogens with one attached hydrogen (secondary N) is 1. The third-order valence-corrected chi connectivity index (χ3v) is 4.71. The highest BCUT2D eigenvalue weighted by molar-refractivity contribution is 5.74. The van der Waals surface area contributed by atoms with Crippen molar-refractivity contribution in [1.82, 2.24) is 5.32 Å². The van der Waals surface area contributed by atoms with Gasteiger partial charge in [-0.05, 0) is 42.9 Å². The normalized spacial score (nSPS) is 50.4. The molecule has 2 saturated carbocycles. The molecule has 3 rings (SSSR count). The fourth-order valence-corrected chi connectivity index (χ4v) is 4.08. The Labute approximate surface area is 83.9 Å². The van der Waals surface area contributed by atoms with E-state index in [0.29, 0.717) is 5.41 Å². The molecular weight excluding hydrogens is 178 g/mol. The number of carbonyl (C=O) groups is 1. The van der Waals surface area contributed by atoms with E-state index in [0.717, 1.165) is 24.8 Å². The number of carboxylic acid groups (broad SMARTS) is 1. The van der Waals surface area contributed by atoms with E-state index in [1.54, 1.807) is 0 Å². The molecular formula is C11H17NO2. The van der Waals surface area contributed by atoms with Crippen molar-refractivity contribution in [3.8, 4) is 0 Å². The van der Waals surface area contributed by atoms with E-state index in [1.807, 2.05) is 0 Å². The molecule has 3 heteroatoms. The summed E-state index contributed by atoms with van der Waals surface area (Å²) in [6, 6.07) is -0.269. The Balaban J connectivity index is 1.78. The monoisotopic (exact) mass is 195 g/mol. The topological polar surface area (TPSA) is 49.3 Å². The molecule has 0 amide bonds. The number of rotatable bonds is 1. The van der Waals surface area contributed by atoms with Gasteiger partial charge in [0, 0.05) is 6.54 Å². The summed E-state index contributed by atoms with van der Waals surface area (Å²) in [6.45, 7) is 0.950. The summed E-state index contributed by atoms with van der Waals surface area (Å²) in [5.74, 6) is 1.07. The maximum atomic E-state index is 10.9. The van der Waals surface area contributed by atoms with E-state index in [1.165, 1.54) is 25.7 Å². The van der Waals surface area contributed by atoms with Crippen molar-refractivity contribution in [1.29, 1.82) is 0 Å². The van der Waals surface area contributed by atoms with Crippen molar-refractivity contribution in [3.05, 3.63) is 0 Å². The second kappa shape index (κ2) is 2.72. The van der Waals surface area contributed by atoms with Crippen molar-refractivity contribution in [2.45, 2.75) is 38.1 Å². The molecule has 2 bridgehead atoms. The summed E-state index contributed by atoms with van der Waals surface area (Å²) in [7, 11) is 0. The van der Waals surface area contributed by atoms with Gasteiger partial charge in [0.25, 0.3) is 0 Å². The van der Waals surface area contributed by atoms with Gasteiger partial charge in [0.15, 0.2) is 0 Å². The first-order valence-electron chi connectivity index (χ1n) is 5.66. The fourth-order valence-electron chi connectivity index (χ4n) is 4.08. The van der Waals surface area contributed by atoms with E-state index in [4.69, 9.17) is 5.11 Å². The van der Waals surface area contributed by atoms with Crippen molar-refractivity contribution in [3.63, 3.8) is 0 Å². The second-order valence-electron chi connectivity index (χ2n) is 5.42. The molecule has 3 nitrogen and oxygen atoms in total. The highest BCUT2D eigenvalue weighted by atomic mass is 16.4. The quantitative estimate of drug-likeness (QED) is 0.662. The molecule has 0 aromatic rings. The molecule has 1 spiro atoms. The zero-order valence-corrected chi connectivity index (χ0v) is 8.33. The minimum atomic E-state index is -0.662. The van der Waals surface area contributed by atoms with Gasteiger partial charge < -0.3 is 10.4 Å². The molecule has 3 aliphatic rings. The smallest absolute Gasteiger partial charge is 0.320 e. The minimum absolute atomic E-state index is 0.269. The van der Waals surface area contributed by atoms with E-state index in [9.17, 15) is 4.79 Å². The zero-order valence-electron chi connectivity index (χ0n) is 8.33. The Kier molecular flexibility index (Phi) is 1.69. The lowest BCUT2D eigenvalue weighted by Gasteiger charge is -2.32. The number of hydrogen-bond donors (Lipinski definition) is 2. The molecule has 0 radical (unpaired) electrons. The molecule has 1 heterocycles. The van der Waals surface area contributed by atoms with Crippen LogP contribution in [0, 0.1) is 17.3 Å². The van der Waals surface area contributed by atoms with Gasteiger partial charge in [-0.3, -0.25) is 4.79 Å². The SMILES string of the molecule is O=C(O)C1CC2(CN1)C[C@@H]1CC[C@H]2C1. The van der Waals surface area contributed by atoms with Crippen LogP contribution in [0.25, 0.3) is 0 Å². The third kappa shape index (κ3) is 1.05. The molecule has 0 aromatic carbocycles. The van der Waals surface area contributed by atoms with Crippen molar-refractivity contribution >= 4 is 5.97 Å². The summed E-state index contributed by atoms with van der Waals surface area (Å²) in [5, 5.41) is 12.1. The molecule has 2 aliphatic carbocycles. The highest BCUT2D eigenvalue weighted by Crippen LogP contribution is 2.59. The van der Waals surface area contributed by atoms with Gasteiger partial charge in [-0.25, -0.2) is 0 Å². The molecule has 2 unspecified atom stereocenters. The van der Waals surface area contributed by atoms with Crippen LogP contribution in [0.15, 0.2) is 0 Å². The van der Waals surface area contributed by atoms with E-state index in [-0.39, 0.29) is 6.04 Å². The van der Waals surface area contributed by atoms with Crippen LogP contribution < -0.4 is 5.32 Å². The first kappa shape index (κ1) is 8.72. The standard InChI is InChI=1S/C11H17NO2/c13-10(14)9-5-11(6-12-9)4-7-1-2-8(11)3-7/h7-9,12H,1-6H2,(H,13,14)/t7-,8+,9?,11?/m1/s1. The zero-order chi connectivity index (χ0) is 9.76. The predicted molar refractivity (Wildman–Crippen MR) is 51.9 cm³/mol. The molecule has 1 aliphatic heterocycles. The van der Waals surface area contributed by atoms with Gasteiger partial charge in [0.2, 0.25) is 0 Å². The molecule has 14 heavy (non-hydrogen) atoms. The Bertz CT molecular complexity index is 278. The van der Waals surface area contributed by atoms with Gasteiger partial charge in [0.1, 0.15) is 6.04 Å². The fraction of sp³-hybridized carbons (Fsp3) is 0.909. The Morgan fingerprint density at radius 3 is 2.71 bits per heavy atom. The van der Waals surface area contributed by atoms with E-state index >= 15 is 0 Å². The van der Waals surface area contributed by atoms with E-state index < -0.39 is 5.97 Å². The predicted octanol–water partition coefficient (Wildman–Crippen LogP) is 1.24. The van der Waals surface area contributed by atoms with Crippen molar-refractivity contribution in [2.24, 2.45) is 17.3 Å². The van der Waals surface area contributed by atoms with Crippen LogP contribution in [-0.2, 0) is 4.79 Å². The van der Waals surface area contributed by atoms with Gasteiger partial charge >= 0.3 is 5.97 Å².